The van der Waals surface area contributed by atoms with Gasteiger partial charge in [0, 0.05) is 5.56 Å². The van der Waals surface area contributed by atoms with E-state index in [1.54, 1.807) is 6.92 Å². The van der Waals surface area contributed by atoms with Crippen LogP contribution in [0.4, 0.5) is 0 Å². The van der Waals surface area contributed by atoms with Gasteiger partial charge < -0.3 is 0 Å². The maximum Gasteiger partial charge on any atom is 0.159 e. The highest BCUT2D eigenvalue weighted by atomic mass is 16.1. The normalized spacial score (nSPS) is 9.42. The Kier molecular flexibility index (Phi) is 6.59. The summed E-state index contributed by atoms with van der Waals surface area (Å²) in [5.74, 6) is 0.131. The van der Waals surface area contributed by atoms with Gasteiger partial charge in [0.15, 0.2) is 5.78 Å². The van der Waals surface area contributed by atoms with Crippen molar-refractivity contribution in [1.29, 1.82) is 0 Å². The van der Waals surface area contributed by atoms with Crippen LogP contribution in [0.5, 0.6) is 0 Å². The minimum atomic E-state index is 0.131. The zero-order valence-corrected chi connectivity index (χ0v) is 12.0. The fraction of sp³-hybridized carbons (Fsp3) is 0.278. The summed E-state index contributed by atoms with van der Waals surface area (Å²) >= 11 is 0. The SMILES string of the molecule is CC.CC(=O)c1cccc(CCc2ccccc2)c1. The molecule has 2 aromatic carbocycles. The zero-order valence-electron chi connectivity index (χ0n) is 12.0. The van der Waals surface area contributed by atoms with Crippen LogP contribution in [-0.4, -0.2) is 5.78 Å². The first-order chi connectivity index (χ1) is 9.25. The maximum atomic E-state index is 11.3. The monoisotopic (exact) mass is 254 g/mol. The van der Waals surface area contributed by atoms with Crippen LogP contribution >= 0.6 is 0 Å². The van der Waals surface area contributed by atoms with Crippen LogP contribution in [0, 0.1) is 0 Å². The third-order valence-corrected chi connectivity index (χ3v) is 2.88. The Labute approximate surface area is 116 Å². The summed E-state index contributed by atoms with van der Waals surface area (Å²) in [6.45, 7) is 5.61. The lowest BCUT2D eigenvalue weighted by Gasteiger charge is -2.03. The van der Waals surface area contributed by atoms with Gasteiger partial charge in [-0.2, -0.15) is 0 Å². The Morgan fingerprint density at radius 2 is 1.42 bits per heavy atom. The molecule has 0 aliphatic rings. The van der Waals surface area contributed by atoms with E-state index in [9.17, 15) is 4.79 Å². The van der Waals surface area contributed by atoms with E-state index in [4.69, 9.17) is 0 Å². The zero-order chi connectivity index (χ0) is 14.1. The van der Waals surface area contributed by atoms with Crippen LogP contribution in [0.15, 0.2) is 54.6 Å². The number of hydrogen-bond acceptors (Lipinski definition) is 1. The Morgan fingerprint density at radius 1 is 0.842 bits per heavy atom. The van der Waals surface area contributed by atoms with Crippen LogP contribution in [0.3, 0.4) is 0 Å². The molecule has 1 heteroatoms. The predicted octanol–water partition coefficient (Wildman–Crippen LogP) is 4.70. The molecule has 2 rings (SSSR count). The van der Waals surface area contributed by atoms with E-state index in [2.05, 4.69) is 30.3 Å². The van der Waals surface area contributed by atoms with Crippen molar-refractivity contribution >= 4 is 5.78 Å². The standard InChI is InChI=1S/C16H16O.C2H6/c1-13(17)16-9-5-8-15(12-16)11-10-14-6-3-2-4-7-14;1-2/h2-9,12H,10-11H2,1H3;1-2H3. The summed E-state index contributed by atoms with van der Waals surface area (Å²) < 4.78 is 0. The first-order valence-electron chi connectivity index (χ1n) is 6.89. The Hall–Kier alpha value is -1.89. The summed E-state index contributed by atoms with van der Waals surface area (Å²) in [7, 11) is 0. The molecule has 0 fully saturated rings. The predicted molar refractivity (Wildman–Crippen MR) is 81.6 cm³/mol. The third kappa shape index (κ3) is 5.09. The van der Waals surface area contributed by atoms with Crippen LogP contribution in [0.1, 0.15) is 42.3 Å². The molecule has 0 heterocycles. The second-order valence-corrected chi connectivity index (χ2v) is 4.24. The lowest BCUT2D eigenvalue weighted by molar-refractivity contribution is 0.101. The summed E-state index contributed by atoms with van der Waals surface area (Å²) in [6, 6.07) is 18.3. The minimum absolute atomic E-state index is 0.131. The molecule has 0 unspecified atom stereocenters. The molecule has 0 aliphatic heterocycles. The average Bonchev–Trinajstić information content (AvgIpc) is 2.48. The Bertz CT molecular complexity index is 500. The van der Waals surface area contributed by atoms with E-state index >= 15 is 0 Å². The van der Waals surface area contributed by atoms with Crippen LogP contribution in [-0.2, 0) is 12.8 Å². The molecule has 0 spiro atoms. The smallest absolute Gasteiger partial charge is 0.159 e. The number of hydrogen-bond donors (Lipinski definition) is 0. The summed E-state index contributed by atoms with van der Waals surface area (Å²) in [5.41, 5.74) is 3.36. The highest BCUT2D eigenvalue weighted by Crippen LogP contribution is 2.10. The van der Waals surface area contributed by atoms with Gasteiger partial charge in [-0.3, -0.25) is 4.79 Å². The lowest BCUT2D eigenvalue weighted by Crippen LogP contribution is -1.95. The van der Waals surface area contributed by atoms with Crippen molar-refractivity contribution in [3.63, 3.8) is 0 Å². The van der Waals surface area contributed by atoms with E-state index in [1.807, 2.05) is 38.1 Å². The van der Waals surface area contributed by atoms with E-state index in [1.165, 1.54) is 11.1 Å². The highest BCUT2D eigenvalue weighted by Gasteiger charge is 2.00. The molecule has 1 nitrogen and oxygen atoms in total. The quantitative estimate of drug-likeness (QED) is 0.723. The van der Waals surface area contributed by atoms with Crippen LogP contribution in [0.25, 0.3) is 0 Å². The molecule has 0 aliphatic carbocycles. The molecule has 2 aromatic rings. The molecule has 0 saturated carbocycles. The number of carbonyl (C=O) groups excluding carboxylic acids is 1. The van der Waals surface area contributed by atoms with E-state index in [0.29, 0.717) is 0 Å². The number of Topliss-reactive ketones (excluding diaryl/α,β-unsaturated/α-hetero) is 1. The highest BCUT2D eigenvalue weighted by molar-refractivity contribution is 5.94. The molecular weight excluding hydrogens is 232 g/mol. The summed E-state index contributed by atoms with van der Waals surface area (Å²) in [4.78, 5) is 11.3. The fourth-order valence-corrected chi connectivity index (χ4v) is 1.88. The molecule has 0 atom stereocenters. The van der Waals surface area contributed by atoms with Crippen molar-refractivity contribution in [3.05, 3.63) is 71.3 Å². The molecule has 100 valence electrons. The van der Waals surface area contributed by atoms with Crippen molar-refractivity contribution < 1.29 is 4.79 Å². The largest absolute Gasteiger partial charge is 0.295 e. The minimum Gasteiger partial charge on any atom is -0.295 e. The molecule has 0 saturated heterocycles. The summed E-state index contributed by atoms with van der Waals surface area (Å²) in [6.07, 6.45) is 1.99. The van der Waals surface area contributed by atoms with Crippen molar-refractivity contribution in [3.8, 4) is 0 Å². The van der Waals surface area contributed by atoms with Gasteiger partial charge in [-0.25, -0.2) is 0 Å². The van der Waals surface area contributed by atoms with Crippen molar-refractivity contribution in [2.24, 2.45) is 0 Å². The number of carbonyl (C=O) groups is 1. The Balaban J connectivity index is 0.000000861. The second-order valence-electron chi connectivity index (χ2n) is 4.24. The fourth-order valence-electron chi connectivity index (χ4n) is 1.88. The van der Waals surface area contributed by atoms with E-state index in [-0.39, 0.29) is 5.78 Å². The van der Waals surface area contributed by atoms with Gasteiger partial charge in [-0.1, -0.05) is 62.4 Å². The first-order valence-corrected chi connectivity index (χ1v) is 6.89. The Morgan fingerprint density at radius 3 is 2.05 bits per heavy atom. The number of aryl methyl sites for hydroxylation is 2. The molecule has 0 amide bonds. The lowest BCUT2D eigenvalue weighted by atomic mass is 10.0. The molecule has 0 N–H and O–H groups in total. The molecular formula is C18H22O. The number of benzene rings is 2. The van der Waals surface area contributed by atoms with Crippen LogP contribution in [0.2, 0.25) is 0 Å². The summed E-state index contributed by atoms with van der Waals surface area (Å²) in [5, 5.41) is 0. The third-order valence-electron chi connectivity index (χ3n) is 2.88. The van der Waals surface area contributed by atoms with Gasteiger partial charge in [-0.15, -0.1) is 0 Å². The van der Waals surface area contributed by atoms with Gasteiger partial charge in [0.2, 0.25) is 0 Å². The molecule has 0 aromatic heterocycles. The van der Waals surface area contributed by atoms with Gasteiger partial charge in [0.25, 0.3) is 0 Å². The number of ketones is 1. The van der Waals surface area contributed by atoms with Crippen molar-refractivity contribution in [2.45, 2.75) is 33.6 Å². The topological polar surface area (TPSA) is 17.1 Å². The van der Waals surface area contributed by atoms with Crippen LogP contribution < -0.4 is 0 Å². The van der Waals surface area contributed by atoms with Gasteiger partial charge in [-0.05, 0) is 37.0 Å². The molecule has 19 heavy (non-hydrogen) atoms. The number of rotatable bonds is 4. The second kappa shape index (κ2) is 8.25. The first kappa shape index (κ1) is 15.2. The van der Waals surface area contributed by atoms with Gasteiger partial charge in [0.1, 0.15) is 0 Å². The van der Waals surface area contributed by atoms with Gasteiger partial charge in [0.05, 0.1) is 0 Å². The molecule has 0 bridgehead atoms. The van der Waals surface area contributed by atoms with E-state index in [0.717, 1.165) is 18.4 Å². The van der Waals surface area contributed by atoms with Crippen molar-refractivity contribution in [1.82, 2.24) is 0 Å². The van der Waals surface area contributed by atoms with Gasteiger partial charge >= 0.3 is 0 Å². The molecule has 0 radical (unpaired) electrons. The average molecular weight is 254 g/mol. The van der Waals surface area contributed by atoms with Crippen molar-refractivity contribution in [2.75, 3.05) is 0 Å². The maximum absolute atomic E-state index is 11.3. The van der Waals surface area contributed by atoms with E-state index < -0.39 is 0 Å².